The summed E-state index contributed by atoms with van der Waals surface area (Å²) in [6, 6.07) is 4.92. The van der Waals surface area contributed by atoms with Crippen molar-refractivity contribution in [2.75, 3.05) is 13.1 Å². The van der Waals surface area contributed by atoms with E-state index >= 15 is 0 Å². The quantitative estimate of drug-likeness (QED) is 0.873. The summed E-state index contributed by atoms with van der Waals surface area (Å²) >= 11 is 0. The second-order valence-electron chi connectivity index (χ2n) is 4.56. The third kappa shape index (κ3) is 4.31. The number of hydrogen-bond acceptors (Lipinski definition) is 3. The number of amides is 1. The zero-order chi connectivity index (χ0) is 13.8. The molecule has 0 aromatic heterocycles. The van der Waals surface area contributed by atoms with Crippen molar-refractivity contribution >= 4 is 18.3 Å². The first-order chi connectivity index (χ1) is 9.06. The number of ether oxygens (including phenoxy) is 1. The Bertz CT molecular complexity index is 468. The van der Waals surface area contributed by atoms with Gasteiger partial charge in [-0.05, 0) is 13.0 Å². The molecule has 1 aromatic carbocycles. The van der Waals surface area contributed by atoms with Gasteiger partial charge in [0.25, 0.3) is 0 Å². The highest BCUT2D eigenvalue weighted by atomic mass is 35.5. The lowest BCUT2D eigenvalue weighted by Crippen LogP contribution is -2.50. The Balaban J connectivity index is 0.00000200. The van der Waals surface area contributed by atoms with Gasteiger partial charge in [-0.25, -0.2) is 0 Å². The standard InChI is InChI=1S/C13H16F2N2O2.ClH/c1-8-2-3-11(19-13(14)15)9(4-8)7-17-12(18)10-5-16-6-10;/h2-4,10,13,16H,5-7H2,1H3,(H,17,18);1H. The minimum Gasteiger partial charge on any atom is -0.434 e. The van der Waals surface area contributed by atoms with Crippen molar-refractivity contribution in [1.82, 2.24) is 10.6 Å². The normalized spacial score (nSPS) is 14.4. The van der Waals surface area contributed by atoms with Crippen LogP contribution >= 0.6 is 12.4 Å². The van der Waals surface area contributed by atoms with Crippen molar-refractivity contribution in [2.24, 2.45) is 5.92 Å². The summed E-state index contributed by atoms with van der Waals surface area (Å²) in [6.45, 7) is 0.514. The zero-order valence-corrected chi connectivity index (χ0v) is 11.8. The fourth-order valence-corrected chi connectivity index (χ4v) is 1.86. The molecule has 20 heavy (non-hydrogen) atoms. The lowest BCUT2D eigenvalue weighted by Gasteiger charge is -2.26. The number of halogens is 3. The molecule has 1 amide bonds. The molecule has 4 nitrogen and oxygen atoms in total. The van der Waals surface area contributed by atoms with E-state index in [2.05, 4.69) is 15.4 Å². The highest BCUT2D eigenvalue weighted by Gasteiger charge is 2.24. The van der Waals surface area contributed by atoms with Gasteiger partial charge in [-0.15, -0.1) is 12.4 Å². The molecule has 0 unspecified atom stereocenters. The van der Waals surface area contributed by atoms with Gasteiger partial charge < -0.3 is 15.4 Å². The Kier molecular flexibility index (Phi) is 6.16. The summed E-state index contributed by atoms with van der Waals surface area (Å²) < 4.78 is 29.0. The number of nitrogens with one attached hydrogen (secondary N) is 2. The predicted octanol–water partition coefficient (Wildman–Crippen LogP) is 1.85. The molecule has 0 atom stereocenters. The molecule has 2 rings (SSSR count). The van der Waals surface area contributed by atoms with Crippen molar-refractivity contribution in [3.05, 3.63) is 29.3 Å². The van der Waals surface area contributed by atoms with E-state index in [0.717, 1.165) is 5.56 Å². The van der Waals surface area contributed by atoms with E-state index in [1.807, 2.05) is 6.92 Å². The maximum Gasteiger partial charge on any atom is 0.387 e. The molecule has 1 saturated heterocycles. The van der Waals surface area contributed by atoms with Crippen LogP contribution in [-0.2, 0) is 11.3 Å². The number of hydrogen-bond donors (Lipinski definition) is 2. The molecule has 0 bridgehead atoms. The van der Waals surface area contributed by atoms with E-state index in [-0.39, 0.29) is 36.5 Å². The molecule has 0 saturated carbocycles. The van der Waals surface area contributed by atoms with Crippen LogP contribution in [0.3, 0.4) is 0 Å². The number of aryl methyl sites for hydroxylation is 1. The lowest BCUT2D eigenvalue weighted by molar-refractivity contribution is -0.126. The van der Waals surface area contributed by atoms with Gasteiger partial charge in [0.1, 0.15) is 5.75 Å². The third-order valence-corrected chi connectivity index (χ3v) is 3.04. The Hall–Kier alpha value is -1.40. The molecule has 0 spiro atoms. The molecule has 2 N–H and O–H groups in total. The summed E-state index contributed by atoms with van der Waals surface area (Å²) in [7, 11) is 0. The second-order valence-corrected chi connectivity index (χ2v) is 4.56. The maximum atomic E-state index is 12.3. The van der Waals surface area contributed by atoms with Crippen LogP contribution in [0, 0.1) is 12.8 Å². The summed E-state index contributed by atoms with van der Waals surface area (Å²) in [4.78, 5) is 11.7. The second kappa shape index (κ2) is 7.40. The number of rotatable bonds is 5. The molecule has 1 aliphatic heterocycles. The van der Waals surface area contributed by atoms with Crippen molar-refractivity contribution in [3.63, 3.8) is 0 Å². The summed E-state index contributed by atoms with van der Waals surface area (Å²) in [5.41, 5.74) is 1.48. The number of carbonyl (C=O) groups excluding carboxylic acids is 1. The van der Waals surface area contributed by atoms with E-state index in [1.165, 1.54) is 6.07 Å². The molecule has 7 heteroatoms. The van der Waals surface area contributed by atoms with Gasteiger partial charge in [-0.3, -0.25) is 4.79 Å². The maximum absolute atomic E-state index is 12.3. The van der Waals surface area contributed by atoms with Crippen LogP contribution in [0.4, 0.5) is 8.78 Å². The Labute approximate surface area is 122 Å². The molecular weight excluding hydrogens is 290 g/mol. The topological polar surface area (TPSA) is 50.4 Å². The van der Waals surface area contributed by atoms with Crippen molar-refractivity contribution in [3.8, 4) is 5.75 Å². The highest BCUT2D eigenvalue weighted by Crippen LogP contribution is 2.22. The largest absolute Gasteiger partial charge is 0.434 e. The van der Waals surface area contributed by atoms with E-state index in [1.54, 1.807) is 12.1 Å². The highest BCUT2D eigenvalue weighted by molar-refractivity contribution is 5.85. The molecule has 0 aliphatic carbocycles. The minimum absolute atomic E-state index is 0. The van der Waals surface area contributed by atoms with E-state index < -0.39 is 6.61 Å². The van der Waals surface area contributed by atoms with Crippen LogP contribution in [0.15, 0.2) is 18.2 Å². The Morgan fingerprint density at radius 2 is 2.20 bits per heavy atom. The monoisotopic (exact) mass is 306 g/mol. The van der Waals surface area contributed by atoms with E-state index in [0.29, 0.717) is 18.7 Å². The fourth-order valence-electron chi connectivity index (χ4n) is 1.86. The molecule has 112 valence electrons. The zero-order valence-electron chi connectivity index (χ0n) is 11.0. The van der Waals surface area contributed by atoms with Crippen molar-refractivity contribution in [2.45, 2.75) is 20.1 Å². The van der Waals surface area contributed by atoms with Gasteiger partial charge in [-0.2, -0.15) is 8.78 Å². The van der Waals surface area contributed by atoms with Gasteiger partial charge in [0.15, 0.2) is 0 Å². The molecule has 1 aliphatic rings. The van der Waals surface area contributed by atoms with Crippen LogP contribution < -0.4 is 15.4 Å². The lowest BCUT2D eigenvalue weighted by atomic mass is 10.0. The van der Waals surface area contributed by atoms with Crippen LogP contribution in [0.5, 0.6) is 5.75 Å². The minimum atomic E-state index is -2.87. The molecule has 1 aromatic rings. The molecule has 0 radical (unpaired) electrons. The SMILES string of the molecule is Cc1ccc(OC(F)F)c(CNC(=O)C2CNC2)c1.Cl. The van der Waals surface area contributed by atoms with E-state index in [9.17, 15) is 13.6 Å². The first-order valence-corrected chi connectivity index (χ1v) is 6.09. The Morgan fingerprint density at radius 3 is 2.75 bits per heavy atom. The van der Waals surface area contributed by atoms with Crippen LogP contribution in [0.2, 0.25) is 0 Å². The number of carbonyl (C=O) groups is 1. The first kappa shape index (κ1) is 16.7. The third-order valence-electron chi connectivity index (χ3n) is 3.04. The predicted molar refractivity (Wildman–Crippen MR) is 73.3 cm³/mol. The summed E-state index contributed by atoms with van der Waals surface area (Å²) in [6.07, 6.45) is 0. The van der Waals surface area contributed by atoms with Gasteiger partial charge in [0.05, 0.1) is 5.92 Å². The molecular formula is C13H17ClF2N2O2. The fraction of sp³-hybridized carbons (Fsp3) is 0.462. The molecule has 1 heterocycles. The van der Waals surface area contributed by atoms with Gasteiger partial charge >= 0.3 is 6.61 Å². The Morgan fingerprint density at radius 1 is 1.50 bits per heavy atom. The van der Waals surface area contributed by atoms with Crippen molar-refractivity contribution in [1.29, 1.82) is 0 Å². The summed E-state index contributed by atoms with van der Waals surface area (Å²) in [5.74, 6) is 0.0140. The van der Waals surface area contributed by atoms with E-state index in [4.69, 9.17) is 0 Å². The molecule has 1 fully saturated rings. The number of benzene rings is 1. The van der Waals surface area contributed by atoms with Gasteiger partial charge in [0, 0.05) is 25.2 Å². The van der Waals surface area contributed by atoms with Gasteiger partial charge in [0.2, 0.25) is 5.91 Å². The van der Waals surface area contributed by atoms with Gasteiger partial charge in [-0.1, -0.05) is 17.7 Å². The summed E-state index contributed by atoms with van der Waals surface area (Å²) in [5, 5.41) is 5.74. The smallest absolute Gasteiger partial charge is 0.387 e. The average Bonchev–Trinajstić information content (AvgIpc) is 2.26. The first-order valence-electron chi connectivity index (χ1n) is 6.09. The van der Waals surface area contributed by atoms with Crippen molar-refractivity contribution < 1.29 is 18.3 Å². The van der Waals surface area contributed by atoms with Crippen LogP contribution in [0.1, 0.15) is 11.1 Å². The number of alkyl halides is 2. The van der Waals surface area contributed by atoms with Crippen LogP contribution in [0.25, 0.3) is 0 Å². The van der Waals surface area contributed by atoms with Crippen LogP contribution in [-0.4, -0.2) is 25.6 Å². The average molecular weight is 307 g/mol.